The van der Waals surface area contributed by atoms with E-state index in [2.05, 4.69) is 24.1 Å². The van der Waals surface area contributed by atoms with Gasteiger partial charge in [0.2, 0.25) is 0 Å². The molecular formula is C16H23F3N2. The van der Waals surface area contributed by atoms with Gasteiger partial charge in [0.15, 0.2) is 0 Å². The molecule has 2 unspecified atom stereocenters. The molecule has 1 aromatic carbocycles. The Morgan fingerprint density at radius 2 is 1.95 bits per heavy atom. The van der Waals surface area contributed by atoms with Crippen molar-refractivity contribution < 1.29 is 13.2 Å². The second kappa shape index (κ2) is 6.26. The number of hydrogen-bond donors (Lipinski definition) is 1. The smallest absolute Gasteiger partial charge is 0.371 e. The van der Waals surface area contributed by atoms with Crippen molar-refractivity contribution in [3.63, 3.8) is 0 Å². The molecule has 0 saturated carbocycles. The Hall–Kier alpha value is -1.23. The predicted molar refractivity (Wildman–Crippen MR) is 79.4 cm³/mol. The van der Waals surface area contributed by atoms with Gasteiger partial charge in [-0.2, -0.15) is 13.2 Å². The third kappa shape index (κ3) is 3.70. The molecule has 1 fully saturated rings. The lowest BCUT2D eigenvalue weighted by atomic mass is 9.88. The number of nitrogens with zero attached hydrogens (tertiary/aromatic N) is 1. The number of piperidine rings is 1. The Bertz CT molecular complexity index is 485. The highest BCUT2D eigenvalue weighted by molar-refractivity contribution is 5.52. The van der Waals surface area contributed by atoms with Crippen LogP contribution in [0, 0.1) is 11.8 Å². The lowest BCUT2D eigenvalue weighted by Gasteiger charge is -2.37. The lowest BCUT2D eigenvalue weighted by molar-refractivity contribution is -0.138. The van der Waals surface area contributed by atoms with E-state index in [4.69, 9.17) is 0 Å². The normalized spacial score (nSPS) is 23.4. The van der Waals surface area contributed by atoms with E-state index in [0.29, 0.717) is 23.1 Å². The summed E-state index contributed by atoms with van der Waals surface area (Å²) in [6.45, 7) is 6.25. The summed E-state index contributed by atoms with van der Waals surface area (Å²) in [6, 6.07) is 4.71. The molecule has 1 heterocycles. The fraction of sp³-hybridized carbons (Fsp3) is 0.625. The average Bonchev–Trinajstić information content (AvgIpc) is 2.41. The van der Waals surface area contributed by atoms with Crippen molar-refractivity contribution >= 4 is 5.69 Å². The summed E-state index contributed by atoms with van der Waals surface area (Å²) >= 11 is 0. The molecule has 5 heteroatoms. The van der Waals surface area contributed by atoms with Crippen LogP contribution < -0.4 is 10.2 Å². The summed E-state index contributed by atoms with van der Waals surface area (Å²) in [7, 11) is 1.65. The Kier molecular flexibility index (Phi) is 4.81. The fourth-order valence-corrected chi connectivity index (χ4v) is 2.87. The molecule has 21 heavy (non-hydrogen) atoms. The van der Waals surface area contributed by atoms with Gasteiger partial charge in [0.05, 0.1) is 5.56 Å². The molecule has 2 atom stereocenters. The third-order valence-corrected chi connectivity index (χ3v) is 4.47. The highest BCUT2D eigenvalue weighted by Gasteiger charge is 2.34. The van der Waals surface area contributed by atoms with Crippen molar-refractivity contribution in [1.29, 1.82) is 0 Å². The summed E-state index contributed by atoms with van der Waals surface area (Å²) in [5.74, 6) is 1.14. The van der Waals surface area contributed by atoms with Gasteiger partial charge in [-0.15, -0.1) is 0 Å². The molecule has 2 nitrogen and oxygen atoms in total. The van der Waals surface area contributed by atoms with E-state index in [0.717, 1.165) is 19.5 Å². The molecule has 0 aromatic heterocycles. The first kappa shape index (κ1) is 16.1. The van der Waals surface area contributed by atoms with Gasteiger partial charge in [0, 0.05) is 25.3 Å². The zero-order valence-electron chi connectivity index (χ0n) is 12.8. The number of hydrogen-bond acceptors (Lipinski definition) is 2. The standard InChI is InChI=1S/C16H23F3N2/c1-11-6-7-21(10-12(11)2)14-5-4-13(9-20-3)15(8-14)16(17,18)19/h4-5,8,11-12,20H,6-7,9-10H2,1-3H3. The van der Waals surface area contributed by atoms with Gasteiger partial charge in [-0.05, 0) is 43.0 Å². The molecule has 1 aliphatic rings. The molecule has 0 spiro atoms. The van der Waals surface area contributed by atoms with Crippen molar-refractivity contribution in [2.24, 2.45) is 11.8 Å². The van der Waals surface area contributed by atoms with Gasteiger partial charge in [0.25, 0.3) is 0 Å². The number of halogens is 3. The summed E-state index contributed by atoms with van der Waals surface area (Å²) < 4.78 is 39.6. The first-order valence-electron chi connectivity index (χ1n) is 7.42. The molecule has 0 aliphatic carbocycles. The number of anilines is 1. The Labute approximate surface area is 124 Å². The van der Waals surface area contributed by atoms with E-state index in [1.54, 1.807) is 13.1 Å². The van der Waals surface area contributed by atoms with Crippen LogP contribution >= 0.6 is 0 Å². The molecule has 1 aromatic rings. The summed E-state index contributed by atoms with van der Waals surface area (Å²) in [4.78, 5) is 2.07. The van der Waals surface area contributed by atoms with Gasteiger partial charge in [0.1, 0.15) is 0 Å². The third-order valence-electron chi connectivity index (χ3n) is 4.47. The lowest BCUT2D eigenvalue weighted by Crippen LogP contribution is -2.38. The van der Waals surface area contributed by atoms with Crippen molar-refractivity contribution in [1.82, 2.24) is 5.32 Å². The van der Waals surface area contributed by atoms with Gasteiger partial charge in [-0.1, -0.05) is 19.9 Å². The molecule has 1 N–H and O–H groups in total. The van der Waals surface area contributed by atoms with Crippen LogP contribution in [0.3, 0.4) is 0 Å². The quantitative estimate of drug-likeness (QED) is 0.910. The van der Waals surface area contributed by atoms with E-state index >= 15 is 0 Å². The maximum atomic E-state index is 13.2. The van der Waals surface area contributed by atoms with Gasteiger partial charge < -0.3 is 10.2 Å². The van der Waals surface area contributed by atoms with Crippen LogP contribution in [0.4, 0.5) is 18.9 Å². The number of benzene rings is 1. The van der Waals surface area contributed by atoms with E-state index < -0.39 is 11.7 Å². The van der Waals surface area contributed by atoms with E-state index in [-0.39, 0.29) is 6.54 Å². The summed E-state index contributed by atoms with van der Waals surface area (Å²) in [6.07, 6.45) is -3.28. The van der Waals surface area contributed by atoms with Crippen LogP contribution in [0.2, 0.25) is 0 Å². The summed E-state index contributed by atoms with van der Waals surface area (Å²) in [5.41, 5.74) is 0.453. The van der Waals surface area contributed by atoms with Crippen molar-refractivity contribution in [2.75, 3.05) is 25.0 Å². The number of nitrogens with one attached hydrogen (secondary N) is 1. The van der Waals surface area contributed by atoms with Crippen LogP contribution in [0.15, 0.2) is 18.2 Å². The number of rotatable bonds is 3. The van der Waals surface area contributed by atoms with E-state index in [9.17, 15) is 13.2 Å². The first-order chi connectivity index (χ1) is 9.82. The molecule has 1 aliphatic heterocycles. The highest BCUT2D eigenvalue weighted by Crippen LogP contribution is 2.36. The second-order valence-corrected chi connectivity index (χ2v) is 6.06. The Balaban J connectivity index is 2.29. The molecule has 0 radical (unpaired) electrons. The van der Waals surface area contributed by atoms with Crippen molar-refractivity contribution in [3.05, 3.63) is 29.3 Å². The maximum Gasteiger partial charge on any atom is 0.416 e. The zero-order valence-corrected chi connectivity index (χ0v) is 12.8. The second-order valence-electron chi connectivity index (χ2n) is 6.06. The van der Waals surface area contributed by atoms with Crippen LogP contribution in [0.5, 0.6) is 0 Å². The monoisotopic (exact) mass is 300 g/mol. The predicted octanol–water partition coefficient (Wildman–Crippen LogP) is 3.91. The minimum Gasteiger partial charge on any atom is -0.371 e. The number of alkyl halides is 3. The van der Waals surface area contributed by atoms with Crippen LogP contribution in [-0.4, -0.2) is 20.1 Å². The molecule has 0 amide bonds. The SMILES string of the molecule is CNCc1ccc(N2CCC(C)C(C)C2)cc1C(F)(F)F. The van der Waals surface area contributed by atoms with E-state index in [1.165, 1.54) is 6.07 Å². The Morgan fingerprint density at radius 3 is 2.52 bits per heavy atom. The fourth-order valence-electron chi connectivity index (χ4n) is 2.87. The van der Waals surface area contributed by atoms with Crippen molar-refractivity contribution in [2.45, 2.75) is 33.0 Å². The van der Waals surface area contributed by atoms with E-state index in [1.807, 2.05) is 6.07 Å². The minimum atomic E-state index is -4.31. The van der Waals surface area contributed by atoms with Crippen molar-refractivity contribution in [3.8, 4) is 0 Å². The highest BCUT2D eigenvalue weighted by atomic mass is 19.4. The zero-order chi connectivity index (χ0) is 15.6. The van der Waals surface area contributed by atoms with Gasteiger partial charge >= 0.3 is 6.18 Å². The molecule has 1 saturated heterocycles. The molecule has 2 rings (SSSR count). The van der Waals surface area contributed by atoms with Crippen LogP contribution in [-0.2, 0) is 12.7 Å². The molecule has 118 valence electrons. The van der Waals surface area contributed by atoms with Crippen LogP contribution in [0.1, 0.15) is 31.4 Å². The topological polar surface area (TPSA) is 15.3 Å². The summed E-state index contributed by atoms with van der Waals surface area (Å²) in [5, 5.41) is 2.79. The molecular weight excluding hydrogens is 277 g/mol. The van der Waals surface area contributed by atoms with Gasteiger partial charge in [-0.25, -0.2) is 0 Å². The first-order valence-corrected chi connectivity index (χ1v) is 7.42. The van der Waals surface area contributed by atoms with Gasteiger partial charge in [-0.3, -0.25) is 0 Å². The average molecular weight is 300 g/mol. The maximum absolute atomic E-state index is 13.2. The minimum absolute atomic E-state index is 0.225. The largest absolute Gasteiger partial charge is 0.416 e. The Morgan fingerprint density at radius 1 is 1.24 bits per heavy atom. The molecule has 0 bridgehead atoms. The van der Waals surface area contributed by atoms with Crippen LogP contribution in [0.25, 0.3) is 0 Å².